The molecule has 124 valence electrons. The predicted molar refractivity (Wildman–Crippen MR) is 82.0 cm³/mol. The van der Waals surface area contributed by atoms with Crippen LogP contribution in [0.2, 0.25) is 0 Å². The lowest BCUT2D eigenvalue weighted by molar-refractivity contribution is -0.144. The maximum absolute atomic E-state index is 12.1. The first kappa shape index (κ1) is 17.1. The number of aromatic nitrogens is 2. The van der Waals surface area contributed by atoms with Crippen molar-refractivity contribution in [3.05, 3.63) is 23.4 Å². The van der Waals surface area contributed by atoms with Gasteiger partial charge in [-0.25, -0.2) is 0 Å². The molecule has 0 radical (unpaired) electrons. The molecule has 0 saturated carbocycles. The molecule has 9 heteroatoms. The van der Waals surface area contributed by atoms with Crippen molar-refractivity contribution < 1.29 is 24.0 Å². The van der Waals surface area contributed by atoms with Crippen molar-refractivity contribution in [2.24, 2.45) is 0 Å². The van der Waals surface area contributed by atoms with Gasteiger partial charge in [-0.3, -0.25) is 9.59 Å². The van der Waals surface area contributed by atoms with Gasteiger partial charge in [0.15, 0.2) is 0 Å². The van der Waals surface area contributed by atoms with Crippen LogP contribution in [-0.4, -0.2) is 58.8 Å². The van der Waals surface area contributed by atoms with Gasteiger partial charge in [-0.2, -0.15) is 4.98 Å². The summed E-state index contributed by atoms with van der Waals surface area (Å²) in [4.78, 5) is 29.3. The third kappa shape index (κ3) is 5.15. The highest BCUT2D eigenvalue weighted by molar-refractivity contribution is 7.13. The molecule has 0 fully saturated rings. The summed E-state index contributed by atoms with van der Waals surface area (Å²) in [5, 5.41) is 14.6. The average molecular weight is 339 g/mol. The van der Waals surface area contributed by atoms with Gasteiger partial charge >= 0.3 is 5.97 Å². The van der Waals surface area contributed by atoms with Crippen LogP contribution >= 0.6 is 11.3 Å². The Morgan fingerprint density at radius 3 is 2.96 bits per heavy atom. The number of rotatable bonds is 9. The number of carboxylic acid groups (broad SMARTS) is 1. The third-order valence-electron chi connectivity index (χ3n) is 3.01. The summed E-state index contributed by atoms with van der Waals surface area (Å²) < 4.78 is 10.00. The SMILES string of the molecule is COCCN(CC(=O)O)C(=O)CCc1nc(-c2cccs2)no1. The lowest BCUT2D eigenvalue weighted by atomic mass is 10.2. The molecular weight excluding hydrogens is 322 g/mol. The average Bonchev–Trinajstić information content (AvgIpc) is 3.19. The van der Waals surface area contributed by atoms with E-state index in [1.807, 2.05) is 17.5 Å². The number of carbonyl (C=O) groups is 2. The van der Waals surface area contributed by atoms with Gasteiger partial charge in [-0.15, -0.1) is 11.3 Å². The monoisotopic (exact) mass is 339 g/mol. The van der Waals surface area contributed by atoms with Crippen LogP contribution in [0.4, 0.5) is 0 Å². The Morgan fingerprint density at radius 2 is 2.30 bits per heavy atom. The topological polar surface area (TPSA) is 106 Å². The molecule has 2 aromatic heterocycles. The standard InChI is InChI=1S/C14H17N3O5S/c1-21-7-6-17(9-13(19)20)12(18)5-4-11-15-14(16-22-11)10-3-2-8-23-10/h2-3,8H,4-7,9H2,1H3,(H,19,20). The van der Waals surface area contributed by atoms with E-state index in [1.54, 1.807) is 0 Å². The van der Waals surface area contributed by atoms with Gasteiger partial charge in [0.25, 0.3) is 0 Å². The van der Waals surface area contributed by atoms with E-state index in [-0.39, 0.29) is 38.4 Å². The Hall–Kier alpha value is -2.26. The maximum atomic E-state index is 12.1. The van der Waals surface area contributed by atoms with Crippen LogP contribution in [-0.2, 0) is 20.7 Å². The first-order valence-electron chi connectivity index (χ1n) is 6.95. The number of methoxy groups -OCH3 is 1. The number of aliphatic carboxylic acids is 1. The van der Waals surface area contributed by atoms with Gasteiger partial charge in [-0.05, 0) is 11.4 Å². The number of carboxylic acids is 1. The number of nitrogens with zero attached hydrogens (tertiary/aromatic N) is 3. The molecule has 0 aliphatic carbocycles. The van der Waals surface area contributed by atoms with Crippen molar-refractivity contribution in [1.82, 2.24) is 15.0 Å². The largest absolute Gasteiger partial charge is 0.480 e. The Balaban J connectivity index is 1.90. The molecule has 0 bridgehead atoms. The lowest BCUT2D eigenvalue weighted by Crippen LogP contribution is -2.38. The molecule has 23 heavy (non-hydrogen) atoms. The molecule has 0 atom stereocenters. The number of thiophene rings is 1. The lowest BCUT2D eigenvalue weighted by Gasteiger charge is -2.19. The number of amides is 1. The highest BCUT2D eigenvalue weighted by Gasteiger charge is 2.18. The molecule has 2 heterocycles. The van der Waals surface area contributed by atoms with Crippen LogP contribution in [0.3, 0.4) is 0 Å². The van der Waals surface area contributed by atoms with Gasteiger partial charge in [0.1, 0.15) is 6.54 Å². The van der Waals surface area contributed by atoms with E-state index in [4.69, 9.17) is 14.4 Å². The molecule has 2 rings (SSSR count). The second-order valence-corrected chi connectivity index (χ2v) is 5.64. The summed E-state index contributed by atoms with van der Waals surface area (Å²) in [5.41, 5.74) is 0. The fourth-order valence-corrected chi connectivity index (χ4v) is 2.54. The molecule has 0 unspecified atom stereocenters. The highest BCUT2D eigenvalue weighted by atomic mass is 32.1. The number of hydrogen-bond acceptors (Lipinski definition) is 7. The van der Waals surface area contributed by atoms with E-state index in [0.717, 1.165) is 4.88 Å². The summed E-state index contributed by atoms with van der Waals surface area (Å²) in [6, 6.07) is 3.77. The summed E-state index contributed by atoms with van der Waals surface area (Å²) in [5.74, 6) is -0.513. The fraction of sp³-hybridized carbons (Fsp3) is 0.429. The molecule has 0 saturated heterocycles. The number of aryl methyl sites for hydroxylation is 1. The van der Waals surface area contributed by atoms with Crippen LogP contribution in [0.5, 0.6) is 0 Å². The Labute approximate surface area is 136 Å². The van der Waals surface area contributed by atoms with Gasteiger partial charge in [-0.1, -0.05) is 11.2 Å². The molecule has 1 N–H and O–H groups in total. The zero-order valence-electron chi connectivity index (χ0n) is 12.6. The molecule has 0 spiro atoms. The fourth-order valence-electron chi connectivity index (χ4n) is 1.89. The van der Waals surface area contributed by atoms with Crippen molar-refractivity contribution in [2.45, 2.75) is 12.8 Å². The zero-order chi connectivity index (χ0) is 16.7. The molecule has 8 nitrogen and oxygen atoms in total. The first-order valence-corrected chi connectivity index (χ1v) is 7.83. The minimum Gasteiger partial charge on any atom is -0.480 e. The van der Waals surface area contributed by atoms with Crippen molar-refractivity contribution in [3.8, 4) is 10.7 Å². The highest BCUT2D eigenvalue weighted by Crippen LogP contribution is 2.21. The van der Waals surface area contributed by atoms with Crippen LogP contribution in [0.1, 0.15) is 12.3 Å². The van der Waals surface area contributed by atoms with Crippen LogP contribution in [0.25, 0.3) is 10.7 Å². The van der Waals surface area contributed by atoms with Gasteiger partial charge in [0, 0.05) is 26.5 Å². The second kappa shape index (κ2) is 8.39. The Kier molecular flexibility index (Phi) is 6.24. The Bertz CT molecular complexity index is 641. The van der Waals surface area contributed by atoms with E-state index < -0.39 is 5.97 Å². The summed E-state index contributed by atoms with van der Waals surface area (Å²) in [7, 11) is 1.49. The van der Waals surface area contributed by atoms with Gasteiger partial charge < -0.3 is 19.3 Å². The second-order valence-electron chi connectivity index (χ2n) is 4.69. The summed E-state index contributed by atoms with van der Waals surface area (Å²) in [6.45, 7) is 0.153. The van der Waals surface area contributed by atoms with Crippen LogP contribution in [0, 0.1) is 0 Å². The van der Waals surface area contributed by atoms with Crippen LogP contribution < -0.4 is 0 Å². The van der Waals surface area contributed by atoms with Crippen molar-refractivity contribution >= 4 is 23.2 Å². The zero-order valence-corrected chi connectivity index (χ0v) is 13.4. The van der Waals surface area contributed by atoms with Gasteiger partial charge in [0.2, 0.25) is 17.6 Å². The minimum absolute atomic E-state index is 0.100. The first-order chi connectivity index (χ1) is 11.1. The minimum atomic E-state index is -1.06. The molecular formula is C14H17N3O5S. The van der Waals surface area contributed by atoms with Gasteiger partial charge in [0.05, 0.1) is 11.5 Å². The number of carbonyl (C=O) groups excluding carboxylic acids is 1. The predicted octanol–water partition coefficient (Wildman–Crippen LogP) is 1.29. The number of hydrogen-bond donors (Lipinski definition) is 1. The smallest absolute Gasteiger partial charge is 0.323 e. The molecule has 0 aliphatic rings. The van der Waals surface area contributed by atoms with Crippen LogP contribution in [0.15, 0.2) is 22.0 Å². The van der Waals surface area contributed by atoms with E-state index in [1.165, 1.54) is 23.3 Å². The maximum Gasteiger partial charge on any atom is 0.323 e. The normalized spacial score (nSPS) is 10.7. The Morgan fingerprint density at radius 1 is 1.48 bits per heavy atom. The molecule has 0 aliphatic heterocycles. The van der Waals surface area contributed by atoms with Crippen molar-refractivity contribution in [3.63, 3.8) is 0 Å². The molecule has 2 aromatic rings. The molecule has 1 amide bonds. The quantitative estimate of drug-likeness (QED) is 0.733. The van der Waals surface area contributed by atoms with Crippen molar-refractivity contribution in [1.29, 1.82) is 0 Å². The number of ether oxygens (including phenoxy) is 1. The molecule has 0 aromatic carbocycles. The summed E-state index contributed by atoms with van der Waals surface area (Å²) in [6.07, 6.45) is 0.364. The van der Waals surface area contributed by atoms with Crippen molar-refractivity contribution in [2.75, 3.05) is 26.8 Å². The third-order valence-corrected chi connectivity index (χ3v) is 3.87. The van der Waals surface area contributed by atoms with E-state index in [9.17, 15) is 9.59 Å². The van der Waals surface area contributed by atoms with E-state index in [2.05, 4.69) is 10.1 Å². The summed E-state index contributed by atoms with van der Waals surface area (Å²) >= 11 is 1.50. The van der Waals surface area contributed by atoms with E-state index >= 15 is 0 Å². The van der Waals surface area contributed by atoms with E-state index in [0.29, 0.717) is 11.7 Å².